The number of rotatable bonds is 3. The third-order valence-corrected chi connectivity index (χ3v) is 2.61. The Bertz CT molecular complexity index is 494. The monoisotopic (exact) mass is 274 g/mol. The van der Waals surface area contributed by atoms with E-state index in [0.717, 1.165) is 13.2 Å². The van der Waals surface area contributed by atoms with Gasteiger partial charge in [-0.05, 0) is 18.2 Å². The normalized spacial score (nSPS) is 11.1. The molecule has 6 heteroatoms. The molecule has 0 saturated heterocycles. The van der Waals surface area contributed by atoms with Crippen LogP contribution in [-0.4, -0.2) is 24.0 Å². The van der Waals surface area contributed by atoms with Crippen LogP contribution in [0, 0.1) is 0 Å². The van der Waals surface area contributed by atoms with E-state index in [-0.39, 0.29) is 16.3 Å². The predicted molar refractivity (Wildman–Crippen MR) is 64.1 cm³/mol. The van der Waals surface area contributed by atoms with Gasteiger partial charge in [0.2, 0.25) is 0 Å². The standard InChI is InChI=1S/C11H8Cl2O4/c1-17-11(16)10(15)5-9(14)6-2-3-7(12)8(13)4-6/h2-5,14H,1H3/b9-5+. The molecule has 4 nitrogen and oxygen atoms in total. The number of hydrogen-bond donors (Lipinski definition) is 1. The summed E-state index contributed by atoms with van der Waals surface area (Å²) in [6.07, 6.45) is 0.755. The summed E-state index contributed by atoms with van der Waals surface area (Å²) in [5, 5.41) is 10.1. The average Bonchev–Trinajstić information content (AvgIpc) is 2.31. The highest BCUT2D eigenvalue weighted by atomic mass is 35.5. The highest BCUT2D eigenvalue weighted by Crippen LogP contribution is 2.25. The lowest BCUT2D eigenvalue weighted by Crippen LogP contribution is -2.13. The van der Waals surface area contributed by atoms with Crippen molar-refractivity contribution in [2.24, 2.45) is 0 Å². The molecule has 0 aliphatic rings. The maximum atomic E-state index is 11.1. The van der Waals surface area contributed by atoms with E-state index < -0.39 is 11.8 Å². The van der Waals surface area contributed by atoms with Gasteiger partial charge in [-0.15, -0.1) is 0 Å². The molecule has 0 bridgehead atoms. The Hall–Kier alpha value is -1.52. The zero-order valence-electron chi connectivity index (χ0n) is 8.74. The number of ketones is 1. The van der Waals surface area contributed by atoms with Crippen LogP contribution >= 0.6 is 23.2 Å². The van der Waals surface area contributed by atoms with E-state index in [2.05, 4.69) is 4.74 Å². The Balaban J connectivity index is 3.00. The van der Waals surface area contributed by atoms with E-state index in [1.54, 1.807) is 0 Å². The van der Waals surface area contributed by atoms with Crippen molar-refractivity contribution in [1.29, 1.82) is 0 Å². The van der Waals surface area contributed by atoms with Crippen LogP contribution in [0.5, 0.6) is 0 Å². The van der Waals surface area contributed by atoms with Crippen LogP contribution in [0.2, 0.25) is 10.0 Å². The summed E-state index contributed by atoms with van der Waals surface area (Å²) < 4.78 is 4.20. The predicted octanol–water partition coefficient (Wildman–Crippen LogP) is 2.63. The number of hydrogen-bond acceptors (Lipinski definition) is 4. The smallest absolute Gasteiger partial charge is 0.378 e. The van der Waals surface area contributed by atoms with Gasteiger partial charge in [-0.25, -0.2) is 4.79 Å². The molecule has 1 N–H and O–H groups in total. The molecule has 1 aromatic rings. The van der Waals surface area contributed by atoms with Crippen LogP contribution in [0.25, 0.3) is 5.76 Å². The molecule has 17 heavy (non-hydrogen) atoms. The summed E-state index contributed by atoms with van der Waals surface area (Å²) in [7, 11) is 1.07. The lowest BCUT2D eigenvalue weighted by molar-refractivity contribution is -0.149. The highest BCUT2D eigenvalue weighted by molar-refractivity contribution is 6.42. The quantitative estimate of drug-likeness (QED) is 0.398. The second-order valence-corrected chi connectivity index (χ2v) is 3.83. The molecule has 0 aliphatic heterocycles. The minimum atomic E-state index is -1.06. The summed E-state index contributed by atoms with van der Waals surface area (Å²) >= 11 is 11.4. The van der Waals surface area contributed by atoms with Crippen molar-refractivity contribution in [1.82, 2.24) is 0 Å². The van der Waals surface area contributed by atoms with Gasteiger partial charge in [0.25, 0.3) is 5.78 Å². The Morgan fingerprint density at radius 3 is 2.47 bits per heavy atom. The Morgan fingerprint density at radius 1 is 1.29 bits per heavy atom. The number of carbonyl (C=O) groups excluding carboxylic acids is 2. The van der Waals surface area contributed by atoms with Gasteiger partial charge < -0.3 is 9.84 Å². The van der Waals surface area contributed by atoms with Crippen molar-refractivity contribution in [2.45, 2.75) is 0 Å². The van der Waals surface area contributed by atoms with Gasteiger partial charge >= 0.3 is 5.97 Å². The minimum Gasteiger partial charge on any atom is -0.507 e. The Labute approximate surface area is 107 Å². The molecule has 0 heterocycles. The summed E-state index contributed by atoms with van der Waals surface area (Å²) in [5.74, 6) is -2.41. The molecule has 1 rings (SSSR count). The maximum Gasteiger partial charge on any atom is 0.378 e. The van der Waals surface area contributed by atoms with Gasteiger partial charge in [0.05, 0.1) is 17.2 Å². The lowest BCUT2D eigenvalue weighted by atomic mass is 10.1. The zero-order valence-corrected chi connectivity index (χ0v) is 10.2. The fourth-order valence-corrected chi connectivity index (χ4v) is 1.32. The molecule has 0 unspecified atom stereocenters. The van der Waals surface area contributed by atoms with Crippen LogP contribution in [0.15, 0.2) is 24.3 Å². The van der Waals surface area contributed by atoms with Gasteiger partial charge in [-0.3, -0.25) is 4.79 Å². The van der Waals surface area contributed by atoms with Gasteiger partial charge in [0.15, 0.2) is 0 Å². The molecule has 0 saturated carbocycles. The topological polar surface area (TPSA) is 63.6 Å². The third-order valence-electron chi connectivity index (χ3n) is 1.87. The molecule has 0 aliphatic carbocycles. The molecular weight excluding hydrogens is 267 g/mol. The largest absolute Gasteiger partial charge is 0.507 e. The van der Waals surface area contributed by atoms with Crippen LogP contribution in [-0.2, 0) is 14.3 Å². The zero-order chi connectivity index (χ0) is 13.0. The first-order chi connectivity index (χ1) is 7.95. The van der Waals surface area contributed by atoms with Crippen LogP contribution < -0.4 is 0 Å². The molecule has 0 amide bonds. The van der Waals surface area contributed by atoms with Gasteiger partial charge in [0.1, 0.15) is 5.76 Å². The van der Waals surface area contributed by atoms with E-state index in [0.29, 0.717) is 5.02 Å². The SMILES string of the molecule is COC(=O)C(=O)/C=C(/O)c1ccc(Cl)c(Cl)c1. The Kier molecular flexibility index (Phi) is 4.54. The van der Waals surface area contributed by atoms with Crippen molar-refractivity contribution in [2.75, 3.05) is 7.11 Å². The highest BCUT2D eigenvalue weighted by Gasteiger charge is 2.13. The Morgan fingerprint density at radius 2 is 1.94 bits per heavy atom. The van der Waals surface area contributed by atoms with Gasteiger partial charge in [-0.2, -0.15) is 0 Å². The van der Waals surface area contributed by atoms with E-state index >= 15 is 0 Å². The molecular formula is C11H8Cl2O4. The first-order valence-corrected chi connectivity index (χ1v) is 5.19. The van der Waals surface area contributed by atoms with Crippen molar-refractivity contribution >= 4 is 40.7 Å². The molecule has 0 atom stereocenters. The summed E-state index contributed by atoms with van der Waals surface area (Å²) in [4.78, 5) is 22.0. The molecule has 0 spiro atoms. The van der Waals surface area contributed by atoms with Crippen LogP contribution in [0.1, 0.15) is 5.56 Å². The fourth-order valence-electron chi connectivity index (χ4n) is 1.02. The first kappa shape index (κ1) is 13.5. The second-order valence-electron chi connectivity index (χ2n) is 3.01. The van der Waals surface area contributed by atoms with E-state index in [1.807, 2.05) is 0 Å². The summed E-state index contributed by atoms with van der Waals surface area (Å²) in [6.45, 7) is 0. The van der Waals surface area contributed by atoms with E-state index in [9.17, 15) is 14.7 Å². The molecule has 0 radical (unpaired) electrons. The van der Waals surface area contributed by atoms with Crippen LogP contribution in [0.3, 0.4) is 0 Å². The van der Waals surface area contributed by atoms with E-state index in [4.69, 9.17) is 23.2 Å². The van der Waals surface area contributed by atoms with Crippen molar-refractivity contribution in [3.63, 3.8) is 0 Å². The van der Waals surface area contributed by atoms with Crippen molar-refractivity contribution < 1.29 is 19.4 Å². The number of methoxy groups -OCH3 is 1. The number of aliphatic hydroxyl groups is 1. The summed E-state index contributed by atoms with van der Waals surface area (Å²) in [5.41, 5.74) is 0.275. The molecule has 0 aromatic heterocycles. The number of carbonyl (C=O) groups is 2. The molecule has 90 valence electrons. The first-order valence-electron chi connectivity index (χ1n) is 4.44. The number of aliphatic hydroxyl groups excluding tert-OH is 1. The number of esters is 1. The van der Waals surface area contributed by atoms with E-state index in [1.165, 1.54) is 18.2 Å². The van der Waals surface area contributed by atoms with Gasteiger partial charge in [-0.1, -0.05) is 23.2 Å². The molecule has 1 aromatic carbocycles. The van der Waals surface area contributed by atoms with Crippen molar-refractivity contribution in [3.8, 4) is 0 Å². The third kappa shape index (κ3) is 3.47. The van der Waals surface area contributed by atoms with Gasteiger partial charge in [0, 0.05) is 11.6 Å². The summed E-state index contributed by atoms with van der Waals surface area (Å²) in [6, 6.07) is 4.30. The maximum absolute atomic E-state index is 11.1. The fraction of sp³-hybridized carbons (Fsp3) is 0.0909. The molecule has 0 fully saturated rings. The second kappa shape index (κ2) is 5.70. The lowest BCUT2D eigenvalue weighted by Gasteiger charge is -2.02. The van der Waals surface area contributed by atoms with Crippen LogP contribution in [0.4, 0.5) is 0 Å². The van der Waals surface area contributed by atoms with Crippen molar-refractivity contribution in [3.05, 3.63) is 39.9 Å². The minimum absolute atomic E-state index is 0.231. The number of ether oxygens (including phenoxy) is 1. The number of benzene rings is 1. The number of halogens is 2. The average molecular weight is 275 g/mol.